The zero-order valence-corrected chi connectivity index (χ0v) is 9.68. The number of halogens is 2. The van der Waals surface area contributed by atoms with Gasteiger partial charge >= 0.3 is 0 Å². The van der Waals surface area contributed by atoms with Gasteiger partial charge in [0.25, 0.3) is 0 Å². The molecule has 0 fully saturated rings. The second kappa shape index (κ2) is 4.71. The molecule has 0 saturated carbocycles. The molecule has 0 heterocycles. The van der Waals surface area contributed by atoms with E-state index in [-0.39, 0.29) is 5.82 Å². The van der Waals surface area contributed by atoms with Crippen molar-refractivity contribution in [3.8, 4) is 0 Å². The zero-order valence-electron chi connectivity index (χ0n) is 8.09. The van der Waals surface area contributed by atoms with Crippen LogP contribution in [-0.4, -0.2) is 11.2 Å². The maximum atomic E-state index is 13.1. The molecule has 1 rings (SSSR count). The molecular formula is C11H12BrFO. The summed E-state index contributed by atoms with van der Waals surface area (Å²) in [5.41, 5.74) is 1.57. The Morgan fingerprint density at radius 2 is 2.21 bits per heavy atom. The third kappa shape index (κ3) is 2.93. The van der Waals surface area contributed by atoms with Crippen LogP contribution in [0.25, 0.3) is 6.08 Å². The van der Waals surface area contributed by atoms with E-state index in [1.165, 1.54) is 6.07 Å². The molecule has 0 radical (unpaired) electrons. The molecule has 0 aliphatic carbocycles. The largest absolute Gasteiger partial charge is 0.389 e. The number of rotatable bonds is 2. The number of benzene rings is 1. The Hall–Kier alpha value is -0.670. The molecule has 1 nitrogen and oxygen atoms in total. The Morgan fingerprint density at radius 3 is 2.71 bits per heavy atom. The fourth-order valence-electron chi connectivity index (χ4n) is 0.986. The summed E-state index contributed by atoms with van der Waals surface area (Å²) in [4.78, 5) is 0. The van der Waals surface area contributed by atoms with Crippen molar-refractivity contribution in [1.82, 2.24) is 0 Å². The van der Waals surface area contributed by atoms with E-state index in [9.17, 15) is 9.50 Å². The standard InChI is InChI=1S/C11H12BrFO/c1-7(8(2)14)5-9-3-4-10(12)11(13)6-9/h3-6,8,14H,1-2H3/b7-5+. The smallest absolute Gasteiger partial charge is 0.137 e. The van der Waals surface area contributed by atoms with Gasteiger partial charge in [0.2, 0.25) is 0 Å². The molecule has 0 aliphatic rings. The van der Waals surface area contributed by atoms with E-state index in [0.29, 0.717) is 4.47 Å². The van der Waals surface area contributed by atoms with E-state index in [0.717, 1.165) is 11.1 Å². The maximum absolute atomic E-state index is 13.1. The molecule has 1 aromatic rings. The molecular weight excluding hydrogens is 247 g/mol. The average Bonchev–Trinajstić information content (AvgIpc) is 2.11. The molecule has 1 aromatic carbocycles. The minimum Gasteiger partial charge on any atom is -0.389 e. The summed E-state index contributed by atoms with van der Waals surface area (Å²) in [5, 5.41) is 9.23. The van der Waals surface area contributed by atoms with Crippen LogP contribution in [0.15, 0.2) is 28.2 Å². The lowest BCUT2D eigenvalue weighted by atomic mass is 10.1. The van der Waals surface area contributed by atoms with Gasteiger partial charge in [0, 0.05) is 0 Å². The summed E-state index contributed by atoms with van der Waals surface area (Å²) in [6.45, 7) is 3.49. The predicted molar refractivity (Wildman–Crippen MR) is 59.4 cm³/mol. The Morgan fingerprint density at radius 1 is 1.57 bits per heavy atom. The van der Waals surface area contributed by atoms with Crippen LogP contribution in [0.1, 0.15) is 19.4 Å². The monoisotopic (exact) mass is 258 g/mol. The minimum atomic E-state index is -0.498. The van der Waals surface area contributed by atoms with Gasteiger partial charge in [-0.05, 0) is 53.0 Å². The molecule has 1 unspecified atom stereocenters. The van der Waals surface area contributed by atoms with Crippen LogP contribution in [0.2, 0.25) is 0 Å². The van der Waals surface area contributed by atoms with Crippen LogP contribution in [0.4, 0.5) is 4.39 Å². The first kappa shape index (κ1) is 11.4. The first-order chi connectivity index (χ1) is 6.50. The maximum Gasteiger partial charge on any atom is 0.137 e. The van der Waals surface area contributed by atoms with Gasteiger partial charge in [0.05, 0.1) is 10.6 Å². The first-order valence-corrected chi connectivity index (χ1v) is 5.11. The first-order valence-electron chi connectivity index (χ1n) is 4.32. The second-order valence-corrected chi connectivity index (χ2v) is 4.09. The molecule has 0 aliphatic heterocycles. The van der Waals surface area contributed by atoms with Crippen molar-refractivity contribution in [2.75, 3.05) is 0 Å². The van der Waals surface area contributed by atoms with Crippen LogP contribution >= 0.6 is 15.9 Å². The Balaban J connectivity index is 2.98. The number of hydrogen-bond donors (Lipinski definition) is 1. The van der Waals surface area contributed by atoms with E-state index in [1.54, 1.807) is 25.1 Å². The topological polar surface area (TPSA) is 20.2 Å². The molecule has 0 spiro atoms. The van der Waals surface area contributed by atoms with Crippen molar-refractivity contribution in [2.24, 2.45) is 0 Å². The Kier molecular flexibility index (Phi) is 3.84. The highest BCUT2D eigenvalue weighted by atomic mass is 79.9. The lowest BCUT2D eigenvalue weighted by Gasteiger charge is -2.04. The Bertz CT molecular complexity index is 358. The van der Waals surface area contributed by atoms with Crippen molar-refractivity contribution < 1.29 is 9.50 Å². The summed E-state index contributed by atoms with van der Waals surface area (Å²) in [7, 11) is 0. The van der Waals surface area contributed by atoms with E-state index < -0.39 is 6.10 Å². The third-order valence-electron chi connectivity index (χ3n) is 2.00. The number of aliphatic hydroxyl groups is 1. The molecule has 14 heavy (non-hydrogen) atoms. The highest BCUT2D eigenvalue weighted by molar-refractivity contribution is 9.10. The number of aliphatic hydroxyl groups excluding tert-OH is 1. The SMILES string of the molecule is C/C(=C\c1ccc(Br)c(F)c1)C(C)O. The predicted octanol–water partition coefficient (Wildman–Crippen LogP) is 3.37. The molecule has 0 amide bonds. The lowest BCUT2D eigenvalue weighted by molar-refractivity contribution is 0.232. The third-order valence-corrected chi connectivity index (χ3v) is 2.64. The van der Waals surface area contributed by atoms with Crippen molar-refractivity contribution in [3.63, 3.8) is 0 Å². The summed E-state index contributed by atoms with van der Waals surface area (Å²) in [6, 6.07) is 4.87. The molecule has 3 heteroatoms. The quantitative estimate of drug-likeness (QED) is 0.863. The summed E-state index contributed by atoms with van der Waals surface area (Å²) >= 11 is 3.08. The highest BCUT2D eigenvalue weighted by Gasteiger charge is 2.01. The van der Waals surface area contributed by atoms with Gasteiger partial charge in [0.1, 0.15) is 5.82 Å². The summed E-state index contributed by atoms with van der Waals surface area (Å²) in [5.74, 6) is -0.294. The molecule has 0 aromatic heterocycles. The minimum absolute atomic E-state index is 0.294. The van der Waals surface area contributed by atoms with Gasteiger partial charge < -0.3 is 5.11 Å². The lowest BCUT2D eigenvalue weighted by Crippen LogP contribution is -2.00. The Labute approximate surface area is 91.4 Å². The van der Waals surface area contributed by atoms with Gasteiger partial charge in [-0.25, -0.2) is 4.39 Å². The van der Waals surface area contributed by atoms with Gasteiger partial charge in [-0.15, -0.1) is 0 Å². The zero-order chi connectivity index (χ0) is 10.7. The number of hydrogen-bond acceptors (Lipinski definition) is 1. The van der Waals surface area contributed by atoms with Crippen molar-refractivity contribution in [3.05, 3.63) is 39.6 Å². The van der Waals surface area contributed by atoms with Gasteiger partial charge in [-0.3, -0.25) is 0 Å². The molecule has 0 saturated heterocycles. The summed E-state index contributed by atoms with van der Waals surface area (Å²) in [6.07, 6.45) is 1.27. The van der Waals surface area contributed by atoms with Crippen molar-refractivity contribution in [2.45, 2.75) is 20.0 Å². The van der Waals surface area contributed by atoms with Gasteiger partial charge in [0.15, 0.2) is 0 Å². The molecule has 76 valence electrons. The fraction of sp³-hybridized carbons (Fsp3) is 0.273. The van der Waals surface area contributed by atoms with Crippen LogP contribution in [0.5, 0.6) is 0 Å². The van der Waals surface area contributed by atoms with E-state index in [2.05, 4.69) is 15.9 Å². The van der Waals surface area contributed by atoms with Crippen LogP contribution in [-0.2, 0) is 0 Å². The fourth-order valence-corrected chi connectivity index (χ4v) is 1.23. The molecule has 1 atom stereocenters. The molecule has 0 bridgehead atoms. The van der Waals surface area contributed by atoms with Gasteiger partial charge in [-0.2, -0.15) is 0 Å². The second-order valence-electron chi connectivity index (χ2n) is 3.24. The van der Waals surface area contributed by atoms with Gasteiger partial charge in [-0.1, -0.05) is 12.1 Å². The summed E-state index contributed by atoms with van der Waals surface area (Å²) < 4.78 is 13.5. The highest BCUT2D eigenvalue weighted by Crippen LogP contribution is 2.18. The van der Waals surface area contributed by atoms with Crippen LogP contribution in [0, 0.1) is 5.82 Å². The van der Waals surface area contributed by atoms with E-state index in [4.69, 9.17) is 0 Å². The average molecular weight is 259 g/mol. The van der Waals surface area contributed by atoms with Crippen LogP contribution in [0.3, 0.4) is 0 Å². The van der Waals surface area contributed by atoms with Crippen LogP contribution < -0.4 is 0 Å². The van der Waals surface area contributed by atoms with E-state index >= 15 is 0 Å². The van der Waals surface area contributed by atoms with Crippen molar-refractivity contribution >= 4 is 22.0 Å². The molecule has 1 N–H and O–H groups in total. The van der Waals surface area contributed by atoms with E-state index in [1.807, 2.05) is 6.92 Å². The van der Waals surface area contributed by atoms with Crippen molar-refractivity contribution in [1.29, 1.82) is 0 Å². The normalized spacial score (nSPS) is 14.2.